The minimum absolute atomic E-state index is 0.0401. The summed E-state index contributed by atoms with van der Waals surface area (Å²) < 4.78 is 5.32. The van der Waals surface area contributed by atoms with Crippen LogP contribution in [0.25, 0.3) is 0 Å². The highest BCUT2D eigenvalue weighted by Crippen LogP contribution is 2.40. The quantitative estimate of drug-likeness (QED) is 0.819. The van der Waals surface area contributed by atoms with E-state index in [2.05, 4.69) is 17.3 Å². The first-order chi connectivity index (χ1) is 13.5. The molecule has 2 aromatic carbocycles. The number of phenolic OH excluding ortho intramolecular Hbond substituents is 1. The SMILES string of the molecule is COc1cccc(C2CC(c3ccc(Cl)cc3)=NC3(CCN(C)CC3)N2)c1O. The normalized spacial score (nSPS) is 22.1. The number of hydrogen-bond acceptors (Lipinski definition) is 5. The molecule has 1 atom stereocenters. The highest BCUT2D eigenvalue weighted by molar-refractivity contribution is 6.30. The number of para-hydroxylation sites is 1. The van der Waals surface area contributed by atoms with E-state index in [9.17, 15) is 5.11 Å². The fraction of sp³-hybridized carbons (Fsp3) is 0.409. The van der Waals surface area contributed by atoms with Gasteiger partial charge >= 0.3 is 0 Å². The number of halogens is 1. The van der Waals surface area contributed by atoms with Gasteiger partial charge in [0.25, 0.3) is 0 Å². The maximum Gasteiger partial charge on any atom is 0.162 e. The molecule has 0 aliphatic carbocycles. The molecule has 1 fully saturated rings. The van der Waals surface area contributed by atoms with E-state index in [0.717, 1.165) is 42.8 Å². The molecule has 5 nitrogen and oxygen atoms in total. The molecule has 4 rings (SSSR count). The average molecular weight is 400 g/mol. The van der Waals surface area contributed by atoms with Crippen molar-refractivity contribution in [2.24, 2.45) is 4.99 Å². The second kappa shape index (κ2) is 7.74. The third kappa shape index (κ3) is 3.75. The van der Waals surface area contributed by atoms with Crippen LogP contribution in [0.5, 0.6) is 11.5 Å². The number of aromatic hydroxyl groups is 1. The molecule has 1 saturated heterocycles. The van der Waals surface area contributed by atoms with Gasteiger partial charge in [0.2, 0.25) is 0 Å². The van der Waals surface area contributed by atoms with Crippen LogP contribution in [-0.4, -0.2) is 48.6 Å². The molecule has 0 aromatic heterocycles. The molecular formula is C22H26ClN3O2. The summed E-state index contributed by atoms with van der Waals surface area (Å²) in [6, 6.07) is 13.5. The largest absolute Gasteiger partial charge is 0.504 e. The lowest BCUT2D eigenvalue weighted by molar-refractivity contribution is 0.144. The van der Waals surface area contributed by atoms with E-state index < -0.39 is 0 Å². The van der Waals surface area contributed by atoms with E-state index in [1.54, 1.807) is 13.2 Å². The summed E-state index contributed by atoms with van der Waals surface area (Å²) in [7, 11) is 3.72. The number of nitrogens with one attached hydrogen (secondary N) is 1. The number of likely N-dealkylation sites (tertiary alicyclic amines) is 1. The molecular weight excluding hydrogens is 374 g/mol. The van der Waals surface area contributed by atoms with Crippen molar-refractivity contribution >= 4 is 17.3 Å². The Morgan fingerprint density at radius 2 is 1.89 bits per heavy atom. The summed E-state index contributed by atoms with van der Waals surface area (Å²) in [5.41, 5.74) is 2.66. The van der Waals surface area contributed by atoms with Gasteiger partial charge in [-0.15, -0.1) is 0 Å². The first-order valence-corrected chi connectivity index (χ1v) is 10.0. The molecule has 2 N–H and O–H groups in total. The Kier molecular flexibility index (Phi) is 5.32. The van der Waals surface area contributed by atoms with Gasteiger partial charge < -0.3 is 14.7 Å². The fourth-order valence-electron chi connectivity index (χ4n) is 4.15. The molecule has 2 aliphatic rings. The van der Waals surface area contributed by atoms with Crippen molar-refractivity contribution in [1.82, 2.24) is 10.2 Å². The number of aliphatic imine (C=N–C) groups is 1. The lowest BCUT2D eigenvalue weighted by atomic mass is 9.87. The summed E-state index contributed by atoms with van der Waals surface area (Å²) in [6.07, 6.45) is 2.56. The minimum Gasteiger partial charge on any atom is -0.504 e. The third-order valence-electron chi connectivity index (χ3n) is 5.81. The van der Waals surface area contributed by atoms with Crippen LogP contribution < -0.4 is 10.1 Å². The Balaban J connectivity index is 1.74. The van der Waals surface area contributed by atoms with Gasteiger partial charge in [-0.1, -0.05) is 35.9 Å². The summed E-state index contributed by atoms with van der Waals surface area (Å²) in [6.45, 7) is 1.97. The number of rotatable bonds is 3. The van der Waals surface area contributed by atoms with Gasteiger partial charge in [0, 0.05) is 41.8 Å². The number of phenols is 1. The zero-order valence-corrected chi connectivity index (χ0v) is 17.0. The van der Waals surface area contributed by atoms with E-state index >= 15 is 0 Å². The van der Waals surface area contributed by atoms with Gasteiger partial charge in [0.05, 0.1) is 7.11 Å². The molecule has 2 aromatic rings. The van der Waals surface area contributed by atoms with E-state index in [-0.39, 0.29) is 17.5 Å². The lowest BCUT2D eigenvalue weighted by Crippen LogP contribution is -2.55. The van der Waals surface area contributed by atoms with E-state index in [1.165, 1.54) is 0 Å². The Hall–Kier alpha value is -2.08. The fourth-order valence-corrected chi connectivity index (χ4v) is 4.27. The molecule has 0 radical (unpaired) electrons. The van der Waals surface area contributed by atoms with Crippen LogP contribution in [0.2, 0.25) is 5.02 Å². The van der Waals surface area contributed by atoms with Crippen molar-refractivity contribution < 1.29 is 9.84 Å². The Morgan fingerprint density at radius 1 is 1.18 bits per heavy atom. The smallest absolute Gasteiger partial charge is 0.162 e. The van der Waals surface area contributed by atoms with Crippen LogP contribution in [0.4, 0.5) is 0 Å². The summed E-state index contributed by atoms with van der Waals surface area (Å²) in [4.78, 5) is 7.51. The summed E-state index contributed by atoms with van der Waals surface area (Å²) in [5, 5.41) is 15.2. The van der Waals surface area contributed by atoms with Crippen molar-refractivity contribution in [2.45, 2.75) is 31.0 Å². The molecule has 0 amide bonds. The highest BCUT2D eigenvalue weighted by atomic mass is 35.5. The third-order valence-corrected chi connectivity index (χ3v) is 6.06. The molecule has 6 heteroatoms. The van der Waals surface area contributed by atoms with Crippen molar-refractivity contribution in [1.29, 1.82) is 0 Å². The molecule has 148 valence electrons. The van der Waals surface area contributed by atoms with Crippen LogP contribution in [0.1, 0.15) is 36.4 Å². The van der Waals surface area contributed by atoms with Gasteiger partial charge in [-0.25, -0.2) is 0 Å². The standard InChI is InChI=1S/C22H26ClN3O2/c1-26-12-10-22(11-13-26)24-18(15-6-8-16(23)9-7-15)14-19(25-22)17-4-3-5-20(28-2)21(17)27/h3-9,19,25,27H,10-14H2,1-2H3. The number of nitrogens with zero attached hydrogens (tertiary/aromatic N) is 2. The number of ether oxygens (including phenoxy) is 1. The first-order valence-electron chi connectivity index (χ1n) is 9.66. The van der Waals surface area contributed by atoms with E-state index in [0.29, 0.717) is 17.2 Å². The zero-order chi connectivity index (χ0) is 19.7. The van der Waals surface area contributed by atoms with Crippen molar-refractivity contribution in [3.63, 3.8) is 0 Å². The van der Waals surface area contributed by atoms with Crippen molar-refractivity contribution in [3.8, 4) is 11.5 Å². The van der Waals surface area contributed by atoms with Crippen LogP contribution >= 0.6 is 11.6 Å². The zero-order valence-electron chi connectivity index (χ0n) is 16.3. The predicted molar refractivity (Wildman–Crippen MR) is 113 cm³/mol. The monoisotopic (exact) mass is 399 g/mol. The van der Waals surface area contributed by atoms with Gasteiger partial charge in [-0.2, -0.15) is 0 Å². The molecule has 0 saturated carbocycles. The Morgan fingerprint density at radius 3 is 2.57 bits per heavy atom. The van der Waals surface area contributed by atoms with Gasteiger partial charge in [-0.3, -0.25) is 10.3 Å². The van der Waals surface area contributed by atoms with Crippen LogP contribution in [0.3, 0.4) is 0 Å². The number of piperidine rings is 1. The highest BCUT2D eigenvalue weighted by Gasteiger charge is 2.40. The van der Waals surface area contributed by atoms with Crippen molar-refractivity contribution in [2.75, 3.05) is 27.2 Å². The van der Waals surface area contributed by atoms with E-state index in [4.69, 9.17) is 21.3 Å². The maximum absolute atomic E-state index is 10.7. The molecule has 28 heavy (non-hydrogen) atoms. The van der Waals surface area contributed by atoms with Crippen LogP contribution in [-0.2, 0) is 0 Å². The topological polar surface area (TPSA) is 57.1 Å². The molecule has 0 bridgehead atoms. The van der Waals surface area contributed by atoms with Crippen LogP contribution in [0, 0.1) is 0 Å². The van der Waals surface area contributed by atoms with Gasteiger partial charge in [0.15, 0.2) is 11.5 Å². The molecule has 2 aliphatic heterocycles. The summed E-state index contributed by atoms with van der Waals surface area (Å²) >= 11 is 6.08. The number of benzene rings is 2. The summed E-state index contributed by atoms with van der Waals surface area (Å²) in [5.74, 6) is 0.690. The van der Waals surface area contributed by atoms with Crippen molar-refractivity contribution in [3.05, 3.63) is 58.6 Å². The molecule has 1 unspecified atom stereocenters. The predicted octanol–water partition coefficient (Wildman–Crippen LogP) is 4.00. The lowest BCUT2D eigenvalue weighted by Gasteiger charge is -2.44. The van der Waals surface area contributed by atoms with E-state index in [1.807, 2.05) is 36.4 Å². The average Bonchev–Trinajstić information content (AvgIpc) is 2.71. The second-order valence-electron chi connectivity index (χ2n) is 7.70. The Bertz CT molecular complexity index is 874. The molecule has 2 heterocycles. The maximum atomic E-state index is 10.7. The second-order valence-corrected chi connectivity index (χ2v) is 8.14. The number of methoxy groups -OCH3 is 1. The number of hydrogen-bond donors (Lipinski definition) is 2. The first kappa shape index (κ1) is 19.2. The molecule has 1 spiro atoms. The van der Waals surface area contributed by atoms with Gasteiger partial charge in [0.1, 0.15) is 5.66 Å². The van der Waals surface area contributed by atoms with Gasteiger partial charge in [-0.05, 0) is 43.7 Å². The minimum atomic E-state index is -0.320. The Labute approximate surface area is 171 Å². The van der Waals surface area contributed by atoms with Crippen LogP contribution in [0.15, 0.2) is 47.5 Å².